The number of amides is 1. The Kier molecular flexibility index (Phi) is 3.03. The molecule has 108 valence electrons. The van der Waals surface area contributed by atoms with Crippen LogP contribution in [-0.4, -0.2) is 34.7 Å². The summed E-state index contributed by atoms with van der Waals surface area (Å²) >= 11 is 1.24. The van der Waals surface area contributed by atoms with Gasteiger partial charge < -0.3 is 5.11 Å². The number of sulfonamides is 1. The Balaban J connectivity index is 2.08. The van der Waals surface area contributed by atoms with E-state index in [-0.39, 0.29) is 22.6 Å². The van der Waals surface area contributed by atoms with Crippen LogP contribution < -0.4 is 0 Å². The highest BCUT2D eigenvalue weighted by molar-refractivity contribution is 7.90. The van der Waals surface area contributed by atoms with E-state index in [1.165, 1.54) is 29.7 Å². The van der Waals surface area contributed by atoms with Gasteiger partial charge in [-0.1, -0.05) is 0 Å². The minimum Gasteiger partial charge on any atom is -0.478 e. The number of hydrogen-bond acceptors (Lipinski definition) is 6. The minimum atomic E-state index is -4.04. The fourth-order valence-electron chi connectivity index (χ4n) is 2.02. The minimum absolute atomic E-state index is 0.0171. The molecule has 0 saturated carbocycles. The van der Waals surface area contributed by atoms with Crippen molar-refractivity contribution in [2.24, 2.45) is 0 Å². The average Bonchev–Trinajstić information content (AvgIpc) is 3.01. The van der Waals surface area contributed by atoms with Crippen molar-refractivity contribution >= 4 is 33.2 Å². The van der Waals surface area contributed by atoms with Crippen molar-refractivity contribution in [3.8, 4) is 0 Å². The molecule has 0 radical (unpaired) electrons. The van der Waals surface area contributed by atoms with Crippen molar-refractivity contribution in [1.82, 2.24) is 9.29 Å². The standard InChI is InChI=1S/C12H8N2O5S2/c15-11-8-2-1-7(12(16)17)5-9(8)21(18,19)14(11)6-10-13-3-4-20-10/h1-5H,6H2,(H,16,17). The molecule has 2 heterocycles. The molecule has 1 amide bonds. The van der Waals surface area contributed by atoms with Gasteiger partial charge in [0.1, 0.15) is 9.90 Å². The van der Waals surface area contributed by atoms with Crippen molar-refractivity contribution in [2.75, 3.05) is 0 Å². The van der Waals surface area contributed by atoms with Crippen LogP contribution in [0.4, 0.5) is 0 Å². The van der Waals surface area contributed by atoms with Crippen LogP contribution >= 0.6 is 11.3 Å². The van der Waals surface area contributed by atoms with Crippen LogP contribution in [0, 0.1) is 0 Å². The highest BCUT2D eigenvalue weighted by Gasteiger charge is 2.41. The second-order valence-electron chi connectivity index (χ2n) is 4.26. The number of thiazole rings is 1. The highest BCUT2D eigenvalue weighted by Crippen LogP contribution is 2.32. The molecule has 0 atom stereocenters. The van der Waals surface area contributed by atoms with Crippen LogP contribution in [0.5, 0.6) is 0 Å². The first-order chi connectivity index (χ1) is 9.91. The number of fused-ring (bicyclic) bond motifs is 1. The summed E-state index contributed by atoms with van der Waals surface area (Å²) in [5.41, 5.74) is -0.197. The molecule has 3 rings (SSSR count). The molecule has 21 heavy (non-hydrogen) atoms. The topological polar surface area (TPSA) is 105 Å². The largest absolute Gasteiger partial charge is 0.478 e. The van der Waals surface area contributed by atoms with Crippen molar-refractivity contribution in [3.63, 3.8) is 0 Å². The van der Waals surface area contributed by atoms with Crippen LogP contribution in [0.15, 0.2) is 34.7 Å². The fraction of sp³-hybridized carbons (Fsp3) is 0.0833. The van der Waals surface area contributed by atoms with Gasteiger partial charge in [0.15, 0.2) is 0 Å². The Morgan fingerprint density at radius 3 is 2.76 bits per heavy atom. The molecule has 0 bridgehead atoms. The second kappa shape index (κ2) is 4.64. The summed E-state index contributed by atoms with van der Waals surface area (Å²) in [6.07, 6.45) is 1.52. The fourth-order valence-corrected chi connectivity index (χ4v) is 4.26. The number of nitrogens with zero attached hydrogens (tertiary/aromatic N) is 2. The highest BCUT2D eigenvalue weighted by atomic mass is 32.2. The second-order valence-corrected chi connectivity index (χ2v) is 7.07. The first-order valence-electron chi connectivity index (χ1n) is 5.74. The van der Waals surface area contributed by atoms with Gasteiger partial charge in [-0.2, -0.15) is 0 Å². The summed E-state index contributed by atoms with van der Waals surface area (Å²) in [7, 11) is -4.04. The molecule has 0 aliphatic carbocycles. The van der Waals surface area contributed by atoms with E-state index in [0.29, 0.717) is 9.31 Å². The Bertz CT molecular complexity index is 843. The van der Waals surface area contributed by atoms with Crippen LogP contribution in [-0.2, 0) is 16.6 Å². The van der Waals surface area contributed by atoms with Crippen molar-refractivity contribution in [2.45, 2.75) is 11.4 Å². The number of carboxylic acid groups (broad SMARTS) is 1. The zero-order valence-corrected chi connectivity index (χ0v) is 12.0. The number of carbonyl (C=O) groups excluding carboxylic acids is 1. The molecule has 0 spiro atoms. The third-order valence-electron chi connectivity index (χ3n) is 3.02. The predicted octanol–water partition coefficient (Wildman–Crippen LogP) is 1.19. The molecule has 1 aliphatic heterocycles. The average molecular weight is 324 g/mol. The molecule has 1 aliphatic rings. The molecule has 0 saturated heterocycles. The van der Waals surface area contributed by atoms with Gasteiger partial charge >= 0.3 is 5.97 Å². The van der Waals surface area contributed by atoms with Gasteiger partial charge in [0, 0.05) is 11.6 Å². The lowest BCUT2D eigenvalue weighted by Gasteiger charge is -2.12. The number of carboxylic acids is 1. The van der Waals surface area contributed by atoms with Gasteiger partial charge in [-0.3, -0.25) is 4.79 Å². The van der Waals surface area contributed by atoms with Crippen molar-refractivity contribution in [3.05, 3.63) is 45.9 Å². The number of rotatable bonds is 3. The Morgan fingerprint density at radius 2 is 2.14 bits per heavy atom. The number of hydrogen-bond donors (Lipinski definition) is 1. The van der Waals surface area contributed by atoms with Gasteiger partial charge in [0.05, 0.1) is 17.7 Å². The molecule has 1 aromatic heterocycles. The lowest BCUT2D eigenvalue weighted by Crippen LogP contribution is -2.29. The Labute approximate surface area is 123 Å². The van der Waals surface area contributed by atoms with Gasteiger partial charge in [-0.05, 0) is 18.2 Å². The number of aromatic nitrogens is 1. The van der Waals surface area contributed by atoms with E-state index >= 15 is 0 Å². The summed E-state index contributed by atoms with van der Waals surface area (Å²) in [5.74, 6) is -1.92. The number of aromatic carboxylic acids is 1. The van der Waals surface area contributed by atoms with Crippen molar-refractivity contribution < 1.29 is 23.1 Å². The molecular formula is C12H8N2O5S2. The number of carbonyl (C=O) groups is 2. The molecule has 7 nitrogen and oxygen atoms in total. The van der Waals surface area contributed by atoms with E-state index < -0.39 is 21.9 Å². The molecule has 1 N–H and O–H groups in total. The summed E-state index contributed by atoms with van der Waals surface area (Å²) in [4.78, 5) is 26.8. The summed E-state index contributed by atoms with van der Waals surface area (Å²) in [6.45, 7) is -0.157. The quantitative estimate of drug-likeness (QED) is 0.909. The maximum Gasteiger partial charge on any atom is 0.335 e. The van der Waals surface area contributed by atoms with Gasteiger partial charge in [-0.25, -0.2) is 22.5 Å². The lowest BCUT2D eigenvalue weighted by atomic mass is 10.1. The van der Waals surface area contributed by atoms with Gasteiger partial charge in [0.25, 0.3) is 15.9 Å². The summed E-state index contributed by atoms with van der Waals surface area (Å²) < 4.78 is 25.5. The van der Waals surface area contributed by atoms with E-state index in [1.54, 1.807) is 5.38 Å². The zero-order chi connectivity index (χ0) is 15.2. The first kappa shape index (κ1) is 13.7. The van der Waals surface area contributed by atoms with Crippen molar-refractivity contribution in [1.29, 1.82) is 0 Å². The van der Waals surface area contributed by atoms with Crippen LogP contribution in [0.2, 0.25) is 0 Å². The molecule has 1 aromatic carbocycles. The van der Waals surface area contributed by atoms with Gasteiger partial charge in [-0.15, -0.1) is 11.3 Å². The third kappa shape index (κ3) is 2.10. The van der Waals surface area contributed by atoms with Crippen LogP contribution in [0.1, 0.15) is 25.7 Å². The molecule has 0 unspecified atom stereocenters. The molecule has 9 heteroatoms. The first-order valence-corrected chi connectivity index (χ1v) is 8.06. The normalized spacial score (nSPS) is 16.0. The molecular weight excluding hydrogens is 316 g/mol. The third-order valence-corrected chi connectivity index (χ3v) is 5.55. The Hall–Kier alpha value is -2.26. The summed E-state index contributed by atoms with van der Waals surface area (Å²) in [5, 5.41) is 11.1. The van der Waals surface area contributed by atoms with E-state index in [9.17, 15) is 18.0 Å². The molecule has 0 fully saturated rings. The van der Waals surface area contributed by atoms with E-state index in [2.05, 4.69) is 4.98 Å². The van der Waals surface area contributed by atoms with Crippen LogP contribution in [0.3, 0.4) is 0 Å². The monoisotopic (exact) mass is 324 g/mol. The van der Waals surface area contributed by atoms with E-state index in [4.69, 9.17) is 5.11 Å². The van der Waals surface area contributed by atoms with E-state index in [0.717, 1.165) is 6.07 Å². The molecule has 2 aromatic rings. The smallest absolute Gasteiger partial charge is 0.335 e. The number of benzene rings is 1. The zero-order valence-electron chi connectivity index (χ0n) is 10.4. The summed E-state index contributed by atoms with van der Waals surface area (Å²) in [6, 6.07) is 3.44. The maximum atomic E-state index is 12.4. The van der Waals surface area contributed by atoms with Gasteiger partial charge in [0.2, 0.25) is 0 Å². The van der Waals surface area contributed by atoms with Crippen LogP contribution in [0.25, 0.3) is 0 Å². The van der Waals surface area contributed by atoms with E-state index in [1.807, 2.05) is 0 Å². The lowest BCUT2D eigenvalue weighted by molar-refractivity contribution is 0.0695. The SMILES string of the molecule is O=C(O)c1ccc2c(c1)S(=O)(=O)N(Cc1nccs1)C2=O. The maximum absolute atomic E-state index is 12.4. The predicted molar refractivity (Wildman–Crippen MR) is 72.6 cm³/mol. The Morgan fingerprint density at radius 1 is 1.38 bits per heavy atom.